The van der Waals surface area contributed by atoms with Crippen LogP contribution in [0.2, 0.25) is 26.2 Å². The van der Waals surface area contributed by atoms with Crippen LogP contribution in [0.1, 0.15) is 38.5 Å². The van der Waals surface area contributed by atoms with E-state index in [1.54, 1.807) is 0 Å². The van der Waals surface area contributed by atoms with Gasteiger partial charge in [0.15, 0.2) is 0 Å². The molecule has 2 fully saturated rings. The first-order chi connectivity index (χ1) is 14.4. The van der Waals surface area contributed by atoms with Crippen LogP contribution in [0.3, 0.4) is 0 Å². The Kier molecular flexibility index (Phi) is 15.9. The molecular formula is C24H42N2O2Si2Zr. The summed E-state index contributed by atoms with van der Waals surface area (Å²) >= 11 is 0. The summed E-state index contributed by atoms with van der Waals surface area (Å²) in [5.74, 6) is 0. The minimum atomic E-state index is -1.29. The van der Waals surface area contributed by atoms with E-state index < -0.39 is 16.5 Å². The van der Waals surface area contributed by atoms with Crippen LogP contribution in [-0.2, 0) is 26.2 Å². The van der Waals surface area contributed by atoms with Gasteiger partial charge < -0.3 is 19.3 Å². The van der Waals surface area contributed by atoms with E-state index in [9.17, 15) is 0 Å². The predicted octanol–water partition coefficient (Wildman–Crippen LogP) is 2.98. The van der Waals surface area contributed by atoms with Crippen LogP contribution in [0.25, 0.3) is 0 Å². The molecule has 31 heavy (non-hydrogen) atoms. The van der Waals surface area contributed by atoms with E-state index in [4.69, 9.17) is 10.2 Å². The maximum atomic E-state index is 8.25. The number of rotatable bonds is 4. The molecule has 0 aromatic carbocycles. The number of nitrogens with zero attached hydrogens (tertiary/aromatic N) is 2. The molecule has 172 valence electrons. The van der Waals surface area contributed by atoms with E-state index in [2.05, 4.69) is 71.8 Å². The van der Waals surface area contributed by atoms with Gasteiger partial charge in [0.05, 0.1) is 0 Å². The molecule has 4 nitrogen and oxygen atoms in total. The van der Waals surface area contributed by atoms with E-state index in [0.717, 1.165) is 27.1 Å². The first-order valence-corrected chi connectivity index (χ1v) is 17.2. The minimum Gasteiger partial charge on any atom is -0.857 e. The molecule has 0 spiro atoms. The second kappa shape index (κ2) is 15.9. The maximum Gasteiger partial charge on any atom is 4.00 e. The average molecular weight is 538 g/mol. The van der Waals surface area contributed by atoms with Gasteiger partial charge in [-0.3, -0.25) is 12.2 Å². The zero-order chi connectivity index (χ0) is 22.6. The molecule has 0 radical (unpaired) electrons. The molecule has 0 bridgehead atoms. The maximum absolute atomic E-state index is 8.25. The van der Waals surface area contributed by atoms with E-state index >= 15 is 0 Å². The molecule has 0 atom stereocenters. The molecule has 0 unspecified atom stereocenters. The van der Waals surface area contributed by atoms with Crippen LogP contribution in [0.15, 0.2) is 34.7 Å². The molecule has 4 aliphatic rings. The molecule has 0 aromatic rings. The standard InChI is InChI=1S/2C11H18NSi.2CH3O.Zr/c2*1-13(2,11-7-3-4-8-11)12-9-5-6-10-12;2*1-2;/h2*3,7H,4-6,9-10H2,1-2H3;2*1H3;/q4*-1;+4. The summed E-state index contributed by atoms with van der Waals surface area (Å²) in [5.41, 5.74) is 0. The topological polar surface area (TPSA) is 52.6 Å². The first-order valence-electron chi connectivity index (χ1n) is 11.3. The summed E-state index contributed by atoms with van der Waals surface area (Å²) in [4.78, 5) is 0. The van der Waals surface area contributed by atoms with Crippen molar-refractivity contribution in [1.29, 1.82) is 0 Å². The summed E-state index contributed by atoms with van der Waals surface area (Å²) < 4.78 is 5.43. The van der Waals surface area contributed by atoms with Crippen molar-refractivity contribution >= 4 is 16.5 Å². The molecule has 0 saturated carbocycles. The van der Waals surface area contributed by atoms with Crippen LogP contribution < -0.4 is 10.2 Å². The molecule has 2 heterocycles. The van der Waals surface area contributed by atoms with Crippen LogP contribution >= 0.6 is 0 Å². The van der Waals surface area contributed by atoms with Crippen LogP contribution in [-0.4, -0.2) is 66.0 Å². The third-order valence-corrected chi connectivity index (χ3v) is 13.9. The second-order valence-electron chi connectivity index (χ2n) is 8.90. The fourth-order valence-corrected chi connectivity index (χ4v) is 10.2. The molecule has 0 amide bonds. The van der Waals surface area contributed by atoms with Crippen LogP contribution in [0.4, 0.5) is 0 Å². The van der Waals surface area contributed by atoms with E-state index in [0.29, 0.717) is 0 Å². The quantitative estimate of drug-likeness (QED) is 0.409. The summed E-state index contributed by atoms with van der Waals surface area (Å²) in [5, 5.41) is 19.5. The van der Waals surface area contributed by atoms with Crippen molar-refractivity contribution in [3.8, 4) is 0 Å². The molecule has 2 aliphatic heterocycles. The van der Waals surface area contributed by atoms with Crippen molar-refractivity contribution in [2.24, 2.45) is 0 Å². The van der Waals surface area contributed by atoms with Gasteiger partial charge in [-0.1, -0.05) is 26.2 Å². The van der Waals surface area contributed by atoms with Gasteiger partial charge in [0.1, 0.15) is 16.5 Å². The Labute approximate surface area is 213 Å². The third kappa shape index (κ3) is 8.77. The Morgan fingerprint density at radius 1 is 0.645 bits per heavy atom. The van der Waals surface area contributed by atoms with E-state index in [1.807, 2.05) is 0 Å². The van der Waals surface area contributed by atoms with Crippen molar-refractivity contribution in [2.45, 2.75) is 64.7 Å². The molecule has 0 N–H and O–H groups in total. The molecular weight excluding hydrogens is 496 g/mol. The summed E-state index contributed by atoms with van der Waals surface area (Å²) in [6.07, 6.45) is 23.7. The SMILES string of the molecule is C[O-].C[O-].C[Si](C)(C1=[C-]CC=C1)N1CCCC1.C[Si](C)(C1=[C-]CC=C1)N1CCCC1.[Zr+4]. The zero-order valence-electron chi connectivity index (χ0n) is 20.6. The number of hydrogen-bond acceptors (Lipinski definition) is 4. The Morgan fingerprint density at radius 3 is 1.16 bits per heavy atom. The zero-order valence-corrected chi connectivity index (χ0v) is 25.0. The van der Waals surface area contributed by atoms with Gasteiger partial charge >= 0.3 is 26.2 Å². The fourth-order valence-electron chi connectivity index (χ4n) is 4.54. The normalized spacial score (nSPS) is 20.5. The Morgan fingerprint density at radius 2 is 0.935 bits per heavy atom. The third-order valence-electron chi connectivity index (χ3n) is 6.50. The van der Waals surface area contributed by atoms with Crippen molar-refractivity contribution in [3.05, 3.63) is 46.8 Å². The summed E-state index contributed by atoms with van der Waals surface area (Å²) in [6.45, 7) is 15.1. The first kappa shape index (κ1) is 31.1. The Balaban J connectivity index is 0.000000487. The van der Waals surface area contributed by atoms with Gasteiger partial charge in [-0.2, -0.15) is 26.4 Å². The summed E-state index contributed by atoms with van der Waals surface area (Å²) in [6, 6.07) is 0. The van der Waals surface area contributed by atoms with E-state index in [1.165, 1.54) is 62.3 Å². The fraction of sp³-hybridized carbons (Fsp3) is 0.667. The average Bonchev–Trinajstić information content (AvgIpc) is 3.60. The van der Waals surface area contributed by atoms with Gasteiger partial charge in [-0.15, -0.1) is 12.8 Å². The smallest absolute Gasteiger partial charge is 0.857 e. The molecule has 2 saturated heterocycles. The van der Waals surface area contributed by atoms with Crippen molar-refractivity contribution in [2.75, 3.05) is 40.4 Å². The van der Waals surface area contributed by atoms with Gasteiger partial charge in [-0.05, 0) is 51.9 Å². The van der Waals surface area contributed by atoms with Gasteiger partial charge in [0.25, 0.3) is 0 Å². The molecule has 7 heteroatoms. The van der Waals surface area contributed by atoms with Gasteiger partial charge in [0, 0.05) is 0 Å². The Hall–Kier alpha value is 0.117. The molecule has 4 rings (SSSR count). The van der Waals surface area contributed by atoms with Gasteiger partial charge in [0.2, 0.25) is 0 Å². The van der Waals surface area contributed by atoms with Crippen molar-refractivity contribution in [3.63, 3.8) is 0 Å². The van der Waals surface area contributed by atoms with Gasteiger partial charge in [-0.25, -0.2) is 22.5 Å². The van der Waals surface area contributed by atoms with Crippen LogP contribution in [0, 0.1) is 12.2 Å². The summed E-state index contributed by atoms with van der Waals surface area (Å²) in [7, 11) is -1.07. The van der Waals surface area contributed by atoms with Crippen molar-refractivity contribution in [1.82, 2.24) is 9.13 Å². The molecule has 2 aliphatic carbocycles. The Bertz CT molecular complexity index is 565. The van der Waals surface area contributed by atoms with Crippen LogP contribution in [0.5, 0.6) is 0 Å². The molecule has 0 aromatic heterocycles. The number of hydrogen-bond donors (Lipinski definition) is 0. The van der Waals surface area contributed by atoms with E-state index in [-0.39, 0.29) is 26.2 Å². The minimum absolute atomic E-state index is 0. The van der Waals surface area contributed by atoms with Crippen molar-refractivity contribution < 1.29 is 36.4 Å². The number of allylic oxidation sites excluding steroid dienone is 8. The monoisotopic (exact) mass is 536 g/mol. The second-order valence-corrected chi connectivity index (χ2v) is 17.5. The largest absolute Gasteiger partial charge is 4.00 e. The predicted molar refractivity (Wildman–Crippen MR) is 129 cm³/mol.